The number of carbonyl (C=O) groups excluding carboxylic acids is 1. The van der Waals surface area contributed by atoms with Gasteiger partial charge in [0, 0.05) is 37.3 Å². The number of amides is 1. The summed E-state index contributed by atoms with van der Waals surface area (Å²) in [5.74, 6) is 0.0580. The summed E-state index contributed by atoms with van der Waals surface area (Å²) in [6.45, 7) is 3.15. The van der Waals surface area contributed by atoms with Gasteiger partial charge in [-0.15, -0.1) is 0 Å². The molecule has 6 heteroatoms. The van der Waals surface area contributed by atoms with E-state index in [-0.39, 0.29) is 11.8 Å². The molecule has 1 aliphatic carbocycles. The van der Waals surface area contributed by atoms with E-state index in [1.807, 2.05) is 42.6 Å². The number of hydrogen-bond donors (Lipinski definition) is 1. The Hall–Kier alpha value is -2.86. The van der Waals surface area contributed by atoms with Crippen LogP contribution in [0.5, 0.6) is 0 Å². The molecule has 1 unspecified atom stereocenters. The van der Waals surface area contributed by atoms with Gasteiger partial charge in [-0.05, 0) is 37.1 Å². The van der Waals surface area contributed by atoms with E-state index in [2.05, 4.69) is 20.7 Å². The molecule has 3 aromatic rings. The van der Waals surface area contributed by atoms with Gasteiger partial charge in [-0.3, -0.25) is 4.79 Å². The number of aromatic nitrogens is 2. The van der Waals surface area contributed by atoms with E-state index in [1.54, 1.807) is 0 Å². The summed E-state index contributed by atoms with van der Waals surface area (Å²) >= 11 is 0. The van der Waals surface area contributed by atoms with Gasteiger partial charge in [0.2, 0.25) is 5.91 Å². The maximum atomic E-state index is 13.1. The molecule has 2 aromatic heterocycles. The Kier molecular flexibility index (Phi) is 4.49. The Balaban J connectivity index is 1.35. The predicted molar refractivity (Wildman–Crippen MR) is 109 cm³/mol. The second kappa shape index (κ2) is 7.28. The predicted octanol–water partition coefficient (Wildman–Crippen LogP) is 2.91. The highest BCUT2D eigenvalue weighted by molar-refractivity contribution is 5.96. The van der Waals surface area contributed by atoms with Crippen LogP contribution >= 0.6 is 0 Å². The summed E-state index contributed by atoms with van der Waals surface area (Å²) in [6, 6.07) is 14.1. The number of para-hydroxylation sites is 2. The summed E-state index contributed by atoms with van der Waals surface area (Å²) in [4.78, 5) is 20.1. The summed E-state index contributed by atoms with van der Waals surface area (Å²) in [6.07, 6.45) is 4.45. The minimum Gasteiger partial charge on any atom is -0.378 e. The molecule has 1 amide bonds. The van der Waals surface area contributed by atoms with Crippen molar-refractivity contribution < 1.29 is 9.53 Å². The number of nitrogens with zero attached hydrogens (tertiary/aromatic N) is 3. The number of rotatable bonds is 3. The van der Waals surface area contributed by atoms with Crippen LogP contribution in [0.15, 0.2) is 48.7 Å². The van der Waals surface area contributed by atoms with E-state index in [9.17, 15) is 4.79 Å². The van der Waals surface area contributed by atoms with Crippen molar-refractivity contribution in [2.75, 3.05) is 36.5 Å². The van der Waals surface area contributed by atoms with E-state index in [0.717, 1.165) is 68.3 Å². The molecule has 1 aromatic carbocycles. The maximum absolute atomic E-state index is 13.1. The smallest absolute Gasteiger partial charge is 0.227 e. The third-order valence-electron chi connectivity index (χ3n) is 5.77. The highest BCUT2D eigenvalue weighted by Crippen LogP contribution is 2.30. The lowest BCUT2D eigenvalue weighted by Gasteiger charge is -2.31. The fourth-order valence-electron chi connectivity index (χ4n) is 4.28. The first-order valence-electron chi connectivity index (χ1n) is 9.97. The molecule has 0 radical (unpaired) electrons. The van der Waals surface area contributed by atoms with Crippen LogP contribution in [0.25, 0.3) is 5.65 Å². The second-order valence-corrected chi connectivity index (χ2v) is 7.48. The van der Waals surface area contributed by atoms with Crippen LogP contribution in [0.2, 0.25) is 0 Å². The molecule has 1 N–H and O–H groups in total. The zero-order valence-corrected chi connectivity index (χ0v) is 15.8. The van der Waals surface area contributed by atoms with Gasteiger partial charge < -0.3 is 19.4 Å². The molecule has 0 bridgehead atoms. The van der Waals surface area contributed by atoms with Gasteiger partial charge in [-0.25, -0.2) is 4.98 Å². The lowest BCUT2D eigenvalue weighted by Crippen LogP contribution is -2.37. The third-order valence-corrected chi connectivity index (χ3v) is 5.77. The number of pyridine rings is 1. The number of anilines is 2. The summed E-state index contributed by atoms with van der Waals surface area (Å²) in [5, 5.41) is 3.20. The number of ether oxygens (including phenoxy) is 1. The van der Waals surface area contributed by atoms with Crippen LogP contribution in [0.4, 0.5) is 11.4 Å². The summed E-state index contributed by atoms with van der Waals surface area (Å²) < 4.78 is 7.58. The number of imidazole rings is 1. The first kappa shape index (κ1) is 17.3. The average molecular weight is 376 g/mol. The fourth-order valence-corrected chi connectivity index (χ4v) is 4.28. The average Bonchev–Trinajstić information content (AvgIpc) is 3.12. The van der Waals surface area contributed by atoms with Crippen molar-refractivity contribution in [2.24, 2.45) is 5.92 Å². The van der Waals surface area contributed by atoms with Crippen LogP contribution in [-0.4, -0.2) is 41.6 Å². The number of hydrogen-bond acceptors (Lipinski definition) is 4. The van der Waals surface area contributed by atoms with E-state index in [1.165, 1.54) is 5.69 Å². The first-order valence-corrected chi connectivity index (χ1v) is 9.97. The molecule has 1 atom stereocenters. The molecular weight excluding hydrogens is 352 g/mol. The molecule has 5 rings (SSSR count). The number of nitrogens with one attached hydrogen (secondary N) is 1. The number of benzene rings is 1. The Bertz CT molecular complexity index is 1010. The van der Waals surface area contributed by atoms with Gasteiger partial charge in [0.15, 0.2) is 0 Å². The van der Waals surface area contributed by atoms with E-state index in [4.69, 9.17) is 9.72 Å². The van der Waals surface area contributed by atoms with Crippen LogP contribution < -0.4 is 10.2 Å². The molecule has 28 heavy (non-hydrogen) atoms. The molecule has 144 valence electrons. The normalized spacial score (nSPS) is 19.4. The molecule has 0 saturated carbocycles. The molecular formula is C22H24N4O2. The van der Waals surface area contributed by atoms with Gasteiger partial charge in [0.25, 0.3) is 0 Å². The van der Waals surface area contributed by atoms with Crippen molar-refractivity contribution in [3.63, 3.8) is 0 Å². The van der Waals surface area contributed by atoms with E-state index >= 15 is 0 Å². The van der Waals surface area contributed by atoms with Crippen molar-refractivity contribution in [1.82, 2.24) is 9.38 Å². The van der Waals surface area contributed by atoms with Crippen molar-refractivity contribution in [2.45, 2.75) is 19.3 Å². The van der Waals surface area contributed by atoms with Crippen LogP contribution in [-0.2, 0) is 22.4 Å². The van der Waals surface area contributed by atoms with Crippen LogP contribution in [0, 0.1) is 5.92 Å². The minimum absolute atomic E-state index is 0.0367. The SMILES string of the molecule is O=C(Nc1ccccc1N1CCOCC1)C1CCc2nc3ccccn3c2C1. The number of morpholine rings is 1. The first-order chi connectivity index (χ1) is 13.8. The largest absolute Gasteiger partial charge is 0.378 e. The Morgan fingerprint density at radius 1 is 1.11 bits per heavy atom. The Labute approximate surface area is 164 Å². The van der Waals surface area contributed by atoms with E-state index < -0.39 is 0 Å². The molecule has 1 fully saturated rings. The third kappa shape index (κ3) is 3.14. The lowest BCUT2D eigenvalue weighted by molar-refractivity contribution is -0.120. The number of fused-ring (bicyclic) bond motifs is 3. The zero-order valence-electron chi connectivity index (χ0n) is 15.8. The van der Waals surface area contributed by atoms with E-state index in [0.29, 0.717) is 0 Å². The van der Waals surface area contributed by atoms with Gasteiger partial charge in [0.05, 0.1) is 30.3 Å². The highest BCUT2D eigenvalue weighted by Gasteiger charge is 2.28. The topological polar surface area (TPSA) is 58.9 Å². The van der Waals surface area contributed by atoms with Gasteiger partial charge in [-0.1, -0.05) is 18.2 Å². The Morgan fingerprint density at radius 3 is 2.82 bits per heavy atom. The lowest BCUT2D eigenvalue weighted by atomic mass is 9.89. The van der Waals surface area contributed by atoms with Crippen molar-refractivity contribution >= 4 is 22.9 Å². The van der Waals surface area contributed by atoms with Crippen molar-refractivity contribution in [3.05, 3.63) is 60.0 Å². The zero-order chi connectivity index (χ0) is 18.9. The molecule has 1 aliphatic heterocycles. The van der Waals surface area contributed by atoms with Gasteiger partial charge in [-0.2, -0.15) is 0 Å². The minimum atomic E-state index is -0.0367. The molecule has 0 spiro atoms. The van der Waals surface area contributed by atoms with Crippen molar-refractivity contribution in [3.8, 4) is 0 Å². The Morgan fingerprint density at radius 2 is 1.93 bits per heavy atom. The van der Waals surface area contributed by atoms with Crippen molar-refractivity contribution in [1.29, 1.82) is 0 Å². The molecule has 1 saturated heterocycles. The summed E-state index contributed by atoms with van der Waals surface area (Å²) in [5.41, 5.74) is 5.22. The van der Waals surface area contributed by atoms with Gasteiger partial charge in [0.1, 0.15) is 5.65 Å². The molecule has 6 nitrogen and oxygen atoms in total. The number of carbonyl (C=O) groups is 1. The maximum Gasteiger partial charge on any atom is 0.227 e. The fraction of sp³-hybridized carbons (Fsp3) is 0.364. The molecule has 2 aliphatic rings. The second-order valence-electron chi connectivity index (χ2n) is 7.48. The van der Waals surface area contributed by atoms with Crippen LogP contribution in [0.3, 0.4) is 0 Å². The number of aryl methyl sites for hydroxylation is 1. The van der Waals surface area contributed by atoms with Crippen LogP contribution in [0.1, 0.15) is 17.8 Å². The highest BCUT2D eigenvalue weighted by atomic mass is 16.5. The monoisotopic (exact) mass is 376 g/mol. The summed E-state index contributed by atoms with van der Waals surface area (Å²) in [7, 11) is 0. The molecule has 3 heterocycles. The quantitative estimate of drug-likeness (QED) is 0.764. The van der Waals surface area contributed by atoms with Gasteiger partial charge >= 0.3 is 0 Å². The standard InChI is InChI=1S/C22H24N4O2/c27-22(24-17-5-1-2-6-19(17)25-11-13-28-14-12-25)16-8-9-18-20(15-16)26-10-4-3-7-21(26)23-18/h1-7,10,16H,8-9,11-15H2,(H,24,27).